The number of para-hydroxylation sites is 1. The van der Waals surface area contributed by atoms with Crippen molar-refractivity contribution in [1.29, 1.82) is 10.7 Å². The van der Waals surface area contributed by atoms with E-state index in [9.17, 15) is 10.1 Å². The summed E-state index contributed by atoms with van der Waals surface area (Å²) in [5, 5.41) is 17.4. The molecule has 2 aromatic rings. The number of carbonyl (C=O) groups is 1. The van der Waals surface area contributed by atoms with Crippen molar-refractivity contribution in [3.05, 3.63) is 71.4 Å². The molecular weight excluding hydrogens is 318 g/mol. The van der Waals surface area contributed by atoms with Crippen LogP contribution >= 0.6 is 0 Å². The smallest absolute Gasteiger partial charge is 0.355 e. The Labute approximate surface area is 145 Å². The van der Waals surface area contributed by atoms with Crippen LogP contribution in [0.15, 0.2) is 65.9 Å². The molecule has 0 aliphatic carbocycles. The van der Waals surface area contributed by atoms with Crippen LogP contribution in [0.2, 0.25) is 0 Å². The standard InChI is InChI=1S/C19H17N3O3/c1-2-24-19(23)18(22)16(12-20)17(21)13-8-10-15(11-9-13)25-14-6-4-3-5-7-14/h3-11,21H,2,22H2,1H3/b18-16-,21-17?. The second-order valence-corrected chi connectivity index (χ2v) is 4.94. The third-order valence-corrected chi connectivity index (χ3v) is 3.25. The van der Waals surface area contributed by atoms with E-state index in [1.807, 2.05) is 30.3 Å². The highest BCUT2D eigenvalue weighted by molar-refractivity contribution is 6.16. The van der Waals surface area contributed by atoms with Gasteiger partial charge < -0.3 is 15.2 Å². The minimum absolute atomic E-state index is 0.136. The van der Waals surface area contributed by atoms with Crippen LogP contribution in [0.3, 0.4) is 0 Å². The number of allylic oxidation sites excluding steroid dienone is 1. The Morgan fingerprint density at radius 1 is 1.12 bits per heavy atom. The maximum atomic E-state index is 11.7. The van der Waals surface area contributed by atoms with Gasteiger partial charge in [0.1, 0.15) is 28.8 Å². The molecule has 25 heavy (non-hydrogen) atoms. The minimum atomic E-state index is -0.812. The van der Waals surface area contributed by atoms with Crippen LogP contribution in [0, 0.1) is 16.7 Å². The van der Waals surface area contributed by atoms with Crippen molar-refractivity contribution < 1.29 is 14.3 Å². The molecule has 0 saturated heterocycles. The fourth-order valence-corrected chi connectivity index (χ4v) is 2.02. The van der Waals surface area contributed by atoms with Crippen molar-refractivity contribution in [3.63, 3.8) is 0 Å². The first-order chi connectivity index (χ1) is 12.1. The summed E-state index contributed by atoms with van der Waals surface area (Å²) in [6.07, 6.45) is 0. The van der Waals surface area contributed by atoms with E-state index in [2.05, 4.69) is 0 Å². The van der Waals surface area contributed by atoms with Crippen molar-refractivity contribution in [1.82, 2.24) is 0 Å². The first-order valence-corrected chi connectivity index (χ1v) is 7.56. The molecule has 6 heteroatoms. The Bertz CT molecular complexity index is 834. The number of hydrogen-bond acceptors (Lipinski definition) is 6. The molecule has 0 atom stereocenters. The van der Waals surface area contributed by atoms with E-state index in [-0.39, 0.29) is 23.6 Å². The predicted octanol–water partition coefficient (Wildman–Crippen LogP) is 3.15. The monoisotopic (exact) mass is 335 g/mol. The topological polar surface area (TPSA) is 109 Å². The number of nitrogens with one attached hydrogen (secondary N) is 1. The van der Waals surface area contributed by atoms with Crippen molar-refractivity contribution in [2.75, 3.05) is 6.61 Å². The first kappa shape index (κ1) is 17.8. The van der Waals surface area contributed by atoms with E-state index in [0.717, 1.165) is 0 Å². The van der Waals surface area contributed by atoms with Gasteiger partial charge in [-0.1, -0.05) is 18.2 Å². The highest BCUT2D eigenvalue weighted by atomic mass is 16.5. The number of esters is 1. The largest absolute Gasteiger partial charge is 0.461 e. The molecule has 0 heterocycles. The summed E-state index contributed by atoms with van der Waals surface area (Å²) < 4.78 is 10.4. The zero-order chi connectivity index (χ0) is 18.2. The molecule has 3 N–H and O–H groups in total. The van der Waals surface area contributed by atoms with Crippen LogP contribution in [0.4, 0.5) is 0 Å². The Kier molecular flexibility index (Phi) is 5.91. The highest BCUT2D eigenvalue weighted by Gasteiger charge is 2.18. The van der Waals surface area contributed by atoms with Gasteiger partial charge in [-0.3, -0.25) is 5.41 Å². The van der Waals surface area contributed by atoms with Crippen LogP contribution in [0.25, 0.3) is 0 Å². The van der Waals surface area contributed by atoms with E-state index in [4.69, 9.17) is 20.6 Å². The second kappa shape index (κ2) is 8.31. The summed E-state index contributed by atoms with van der Waals surface area (Å²) >= 11 is 0. The normalized spacial score (nSPS) is 11.0. The van der Waals surface area contributed by atoms with Gasteiger partial charge >= 0.3 is 5.97 Å². The number of ether oxygens (including phenoxy) is 2. The van der Waals surface area contributed by atoms with E-state index in [0.29, 0.717) is 17.1 Å². The lowest BCUT2D eigenvalue weighted by Crippen LogP contribution is -2.20. The van der Waals surface area contributed by atoms with Crippen molar-refractivity contribution in [2.24, 2.45) is 5.73 Å². The third-order valence-electron chi connectivity index (χ3n) is 3.25. The molecule has 0 aliphatic heterocycles. The lowest BCUT2D eigenvalue weighted by atomic mass is 10.0. The third kappa shape index (κ3) is 4.45. The fraction of sp³-hybridized carbons (Fsp3) is 0.105. The summed E-state index contributed by atoms with van der Waals surface area (Å²) in [6, 6.07) is 17.6. The summed E-state index contributed by atoms with van der Waals surface area (Å²) in [5.41, 5.74) is 5.32. The Morgan fingerprint density at radius 3 is 2.28 bits per heavy atom. The van der Waals surface area contributed by atoms with Gasteiger partial charge in [0.05, 0.1) is 12.3 Å². The number of nitrogens with two attached hydrogens (primary N) is 1. The zero-order valence-corrected chi connectivity index (χ0v) is 13.7. The molecule has 6 nitrogen and oxygen atoms in total. The van der Waals surface area contributed by atoms with Gasteiger partial charge in [-0.15, -0.1) is 0 Å². The highest BCUT2D eigenvalue weighted by Crippen LogP contribution is 2.22. The number of nitriles is 1. The SMILES string of the molecule is CCOC(=O)/C(N)=C(\C#N)C(=N)c1ccc(Oc2ccccc2)cc1. The summed E-state index contributed by atoms with van der Waals surface area (Å²) in [7, 11) is 0. The molecular formula is C19H17N3O3. The number of benzene rings is 2. The van der Waals surface area contributed by atoms with Crippen LogP contribution in [0.5, 0.6) is 11.5 Å². The van der Waals surface area contributed by atoms with Gasteiger partial charge in [0.2, 0.25) is 0 Å². The van der Waals surface area contributed by atoms with E-state index >= 15 is 0 Å². The van der Waals surface area contributed by atoms with Crippen molar-refractivity contribution in [3.8, 4) is 17.6 Å². The maximum absolute atomic E-state index is 11.7. The van der Waals surface area contributed by atoms with Crippen LogP contribution < -0.4 is 10.5 Å². The van der Waals surface area contributed by atoms with E-state index in [1.165, 1.54) is 0 Å². The molecule has 0 amide bonds. The quantitative estimate of drug-likeness (QED) is 0.365. The van der Waals surface area contributed by atoms with Gasteiger partial charge in [0.25, 0.3) is 0 Å². The molecule has 0 unspecified atom stereocenters. The molecule has 0 bridgehead atoms. The second-order valence-electron chi connectivity index (χ2n) is 4.94. The van der Waals surface area contributed by atoms with E-state index < -0.39 is 5.97 Å². The van der Waals surface area contributed by atoms with Gasteiger partial charge in [-0.2, -0.15) is 5.26 Å². The summed E-state index contributed by atoms with van der Waals surface area (Å²) in [4.78, 5) is 11.7. The first-order valence-electron chi connectivity index (χ1n) is 7.56. The van der Waals surface area contributed by atoms with Gasteiger partial charge in [-0.25, -0.2) is 4.79 Å². The molecule has 0 saturated carbocycles. The lowest BCUT2D eigenvalue weighted by Gasteiger charge is -2.09. The molecule has 2 aromatic carbocycles. The zero-order valence-electron chi connectivity index (χ0n) is 13.7. The molecule has 2 rings (SSSR count). The number of rotatable bonds is 6. The fourth-order valence-electron chi connectivity index (χ4n) is 2.02. The summed E-state index contributed by atoms with van der Waals surface area (Å²) in [5.74, 6) is 0.464. The molecule has 0 fully saturated rings. The number of carbonyl (C=O) groups excluding carboxylic acids is 1. The average Bonchev–Trinajstić information content (AvgIpc) is 2.63. The van der Waals surface area contributed by atoms with Crippen LogP contribution in [-0.2, 0) is 9.53 Å². The molecule has 0 aromatic heterocycles. The molecule has 0 spiro atoms. The Morgan fingerprint density at radius 2 is 1.72 bits per heavy atom. The summed E-state index contributed by atoms with van der Waals surface area (Å²) in [6.45, 7) is 1.77. The van der Waals surface area contributed by atoms with Crippen LogP contribution in [-0.4, -0.2) is 18.3 Å². The molecule has 126 valence electrons. The molecule has 0 radical (unpaired) electrons. The Balaban J connectivity index is 2.20. The van der Waals surface area contributed by atoms with Gasteiger partial charge in [-0.05, 0) is 43.3 Å². The number of hydrogen-bond donors (Lipinski definition) is 2. The predicted molar refractivity (Wildman–Crippen MR) is 93.2 cm³/mol. The maximum Gasteiger partial charge on any atom is 0.355 e. The van der Waals surface area contributed by atoms with Crippen molar-refractivity contribution >= 4 is 11.7 Å². The van der Waals surface area contributed by atoms with Gasteiger partial charge in [0.15, 0.2) is 0 Å². The Hall–Kier alpha value is -3.59. The lowest BCUT2D eigenvalue weighted by molar-refractivity contribution is -0.138. The van der Waals surface area contributed by atoms with Crippen LogP contribution in [0.1, 0.15) is 12.5 Å². The minimum Gasteiger partial charge on any atom is -0.461 e. The van der Waals surface area contributed by atoms with E-state index in [1.54, 1.807) is 37.3 Å². The number of nitrogens with zero attached hydrogens (tertiary/aromatic N) is 1. The van der Waals surface area contributed by atoms with Gasteiger partial charge in [0, 0.05) is 5.56 Å². The van der Waals surface area contributed by atoms with Crippen molar-refractivity contribution in [2.45, 2.75) is 6.92 Å². The molecule has 0 aliphatic rings. The average molecular weight is 335 g/mol.